The Kier molecular flexibility index (Phi) is 3.70. The van der Waals surface area contributed by atoms with Gasteiger partial charge in [0.1, 0.15) is 6.10 Å². The van der Waals surface area contributed by atoms with E-state index in [4.69, 9.17) is 9.47 Å². The molecule has 1 heterocycles. The molecule has 0 aliphatic carbocycles. The van der Waals surface area contributed by atoms with Gasteiger partial charge in [-0.3, -0.25) is 0 Å². The minimum absolute atomic E-state index is 0.0725. The minimum atomic E-state index is -0.192. The van der Waals surface area contributed by atoms with Gasteiger partial charge in [-0.05, 0) is 12.5 Å². The van der Waals surface area contributed by atoms with E-state index in [0.29, 0.717) is 6.61 Å². The van der Waals surface area contributed by atoms with Crippen molar-refractivity contribution in [1.82, 2.24) is 0 Å². The summed E-state index contributed by atoms with van der Waals surface area (Å²) in [4.78, 5) is 10.4. The molecular formula is C13H16O3. The number of epoxide rings is 1. The maximum atomic E-state index is 10.4. The lowest BCUT2D eigenvalue weighted by atomic mass is 10.2. The quantitative estimate of drug-likeness (QED) is 0.543. The molecule has 16 heavy (non-hydrogen) atoms. The normalized spacial score (nSPS) is 25.1. The summed E-state index contributed by atoms with van der Waals surface area (Å²) in [6, 6.07) is 10.0. The van der Waals surface area contributed by atoms with E-state index >= 15 is 0 Å². The van der Waals surface area contributed by atoms with Crippen molar-refractivity contribution in [2.24, 2.45) is 0 Å². The van der Waals surface area contributed by atoms with Crippen LogP contribution in [-0.2, 0) is 20.9 Å². The smallest absolute Gasteiger partial charge is 0.151 e. The second kappa shape index (κ2) is 5.23. The SMILES string of the molecule is C[C@H](C[C@@H]1O[C@@H]1C=O)OCc1ccccc1. The summed E-state index contributed by atoms with van der Waals surface area (Å²) in [6.45, 7) is 2.62. The van der Waals surface area contributed by atoms with Crippen LogP contribution in [0.15, 0.2) is 30.3 Å². The molecule has 0 N–H and O–H groups in total. The van der Waals surface area contributed by atoms with Gasteiger partial charge in [-0.25, -0.2) is 0 Å². The van der Waals surface area contributed by atoms with Gasteiger partial charge in [0.25, 0.3) is 0 Å². The molecule has 3 atom stereocenters. The van der Waals surface area contributed by atoms with E-state index in [-0.39, 0.29) is 18.3 Å². The van der Waals surface area contributed by atoms with Crippen LogP contribution in [0.4, 0.5) is 0 Å². The number of carbonyl (C=O) groups excluding carboxylic acids is 1. The highest BCUT2D eigenvalue weighted by atomic mass is 16.6. The van der Waals surface area contributed by atoms with Crippen LogP contribution in [0.25, 0.3) is 0 Å². The Labute approximate surface area is 95.4 Å². The van der Waals surface area contributed by atoms with Crippen molar-refractivity contribution >= 4 is 6.29 Å². The lowest BCUT2D eigenvalue weighted by Gasteiger charge is -2.11. The standard InChI is InChI=1S/C13H16O3/c1-10(7-12-13(8-14)16-12)15-9-11-5-3-2-4-6-11/h2-6,8,10,12-13H,7,9H2,1H3/t10-,12+,13-/m1/s1. The molecule has 0 aromatic heterocycles. The molecule has 2 rings (SSSR count). The van der Waals surface area contributed by atoms with E-state index in [0.717, 1.165) is 18.3 Å². The Morgan fingerprint density at radius 1 is 1.44 bits per heavy atom. The average Bonchev–Trinajstić information content (AvgIpc) is 3.06. The summed E-state index contributed by atoms with van der Waals surface area (Å²) < 4.78 is 10.8. The van der Waals surface area contributed by atoms with Crippen molar-refractivity contribution in [3.63, 3.8) is 0 Å². The van der Waals surface area contributed by atoms with Gasteiger partial charge in [-0.1, -0.05) is 30.3 Å². The van der Waals surface area contributed by atoms with Crippen LogP contribution in [0.2, 0.25) is 0 Å². The lowest BCUT2D eigenvalue weighted by molar-refractivity contribution is -0.108. The second-order valence-electron chi connectivity index (χ2n) is 4.12. The summed E-state index contributed by atoms with van der Waals surface area (Å²) >= 11 is 0. The summed E-state index contributed by atoms with van der Waals surface area (Å²) in [5.74, 6) is 0. The topological polar surface area (TPSA) is 38.8 Å². The van der Waals surface area contributed by atoms with Gasteiger partial charge >= 0.3 is 0 Å². The van der Waals surface area contributed by atoms with Crippen molar-refractivity contribution in [2.75, 3.05) is 0 Å². The molecular weight excluding hydrogens is 204 g/mol. The van der Waals surface area contributed by atoms with E-state index in [2.05, 4.69) is 0 Å². The molecule has 0 unspecified atom stereocenters. The molecule has 1 aromatic rings. The third-order valence-corrected chi connectivity index (χ3v) is 2.70. The molecule has 1 aromatic carbocycles. The number of aldehydes is 1. The number of rotatable bonds is 6. The van der Waals surface area contributed by atoms with Crippen LogP contribution < -0.4 is 0 Å². The van der Waals surface area contributed by atoms with Crippen LogP contribution in [0.1, 0.15) is 18.9 Å². The predicted octanol–water partition coefficient (Wildman–Crippen LogP) is 1.95. The highest BCUT2D eigenvalue weighted by Crippen LogP contribution is 2.25. The molecule has 1 saturated heterocycles. The fourth-order valence-corrected chi connectivity index (χ4v) is 1.67. The lowest BCUT2D eigenvalue weighted by Crippen LogP contribution is -2.12. The highest BCUT2D eigenvalue weighted by Gasteiger charge is 2.39. The molecule has 0 amide bonds. The number of hydrogen-bond donors (Lipinski definition) is 0. The molecule has 86 valence electrons. The van der Waals surface area contributed by atoms with Crippen LogP contribution in [0.3, 0.4) is 0 Å². The van der Waals surface area contributed by atoms with Crippen LogP contribution in [0.5, 0.6) is 0 Å². The Balaban J connectivity index is 1.68. The molecule has 1 aliphatic rings. The summed E-state index contributed by atoms with van der Waals surface area (Å²) in [5.41, 5.74) is 1.16. The zero-order chi connectivity index (χ0) is 11.4. The first kappa shape index (κ1) is 11.3. The largest absolute Gasteiger partial charge is 0.374 e. The summed E-state index contributed by atoms with van der Waals surface area (Å²) in [6.07, 6.45) is 1.64. The van der Waals surface area contributed by atoms with Crippen molar-refractivity contribution in [3.8, 4) is 0 Å². The molecule has 0 radical (unpaired) electrons. The summed E-state index contributed by atoms with van der Waals surface area (Å²) in [7, 11) is 0. The third-order valence-electron chi connectivity index (χ3n) is 2.70. The molecule has 1 aliphatic heterocycles. The van der Waals surface area contributed by atoms with Gasteiger partial charge < -0.3 is 14.3 Å². The maximum Gasteiger partial charge on any atom is 0.151 e. The minimum Gasteiger partial charge on any atom is -0.374 e. The number of benzene rings is 1. The fourth-order valence-electron chi connectivity index (χ4n) is 1.67. The zero-order valence-electron chi connectivity index (χ0n) is 9.34. The average molecular weight is 220 g/mol. The number of hydrogen-bond acceptors (Lipinski definition) is 3. The van der Waals surface area contributed by atoms with Gasteiger partial charge in [0.15, 0.2) is 6.29 Å². The van der Waals surface area contributed by atoms with Crippen molar-refractivity contribution in [3.05, 3.63) is 35.9 Å². The Hall–Kier alpha value is -1.19. The van der Waals surface area contributed by atoms with E-state index in [9.17, 15) is 4.79 Å². The van der Waals surface area contributed by atoms with Crippen LogP contribution in [0, 0.1) is 0 Å². The molecule has 0 bridgehead atoms. The third kappa shape index (κ3) is 3.15. The molecule has 0 spiro atoms. The van der Waals surface area contributed by atoms with E-state index in [1.54, 1.807) is 0 Å². The first-order chi connectivity index (χ1) is 7.79. The van der Waals surface area contributed by atoms with E-state index in [1.807, 2.05) is 37.3 Å². The van der Waals surface area contributed by atoms with Crippen LogP contribution >= 0.6 is 0 Å². The van der Waals surface area contributed by atoms with Crippen molar-refractivity contribution in [1.29, 1.82) is 0 Å². The monoisotopic (exact) mass is 220 g/mol. The molecule has 1 fully saturated rings. The van der Waals surface area contributed by atoms with Gasteiger partial charge in [0.2, 0.25) is 0 Å². The zero-order valence-corrected chi connectivity index (χ0v) is 9.34. The van der Waals surface area contributed by atoms with Gasteiger partial charge in [0.05, 0.1) is 18.8 Å². The van der Waals surface area contributed by atoms with Gasteiger partial charge in [-0.15, -0.1) is 0 Å². The van der Waals surface area contributed by atoms with Crippen LogP contribution in [-0.4, -0.2) is 24.6 Å². The fraction of sp³-hybridized carbons (Fsp3) is 0.462. The Morgan fingerprint density at radius 2 is 2.19 bits per heavy atom. The predicted molar refractivity (Wildman–Crippen MR) is 60.0 cm³/mol. The number of ether oxygens (including phenoxy) is 2. The Bertz CT molecular complexity index is 336. The highest BCUT2D eigenvalue weighted by molar-refractivity contribution is 5.60. The van der Waals surface area contributed by atoms with Crippen molar-refractivity contribution in [2.45, 2.75) is 38.3 Å². The van der Waals surface area contributed by atoms with Gasteiger partial charge in [0, 0.05) is 6.42 Å². The van der Waals surface area contributed by atoms with Crippen molar-refractivity contribution < 1.29 is 14.3 Å². The first-order valence-electron chi connectivity index (χ1n) is 5.56. The first-order valence-corrected chi connectivity index (χ1v) is 5.56. The van der Waals surface area contributed by atoms with E-state index in [1.165, 1.54) is 0 Å². The Morgan fingerprint density at radius 3 is 2.81 bits per heavy atom. The molecule has 0 saturated carbocycles. The number of carbonyl (C=O) groups is 1. The second-order valence-corrected chi connectivity index (χ2v) is 4.12. The molecule has 3 nitrogen and oxygen atoms in total. The van der Waals surface area contributed by atoms with E-state index < -0.39 is 0 Å². The maximum absolute atomic E-state index is 10.4. The molecule has 3 heteroatoms. The summed E-state index contributed by atoms with van der Waals surface area (Å²) in [5, 5.41) is 0. The van der Waals surface area contributed by atoms with Gasteiger partial charge in [-0.2, -0.15) is 0 Å².